The van der Waals surface area contributed by atoms with Crippen molar-refractivity contribution in [2.75, 3.05) is 13.7 Å². The standard InChI is InChI=1S/C19H23NO3/c1-15(12-13-16-8-4-3-5-9-16)20-19(21)14-23-18-11-7-6-10-17(18)22-2/h3-11,15H,12-14H2,1-2H3,(H,20,21)/t15-/m0/s1. The molecule has 0 aliphatic rings. The Morgan fingerprint density at radius 3 is 2.39 bits per heavy atom. The minimum absolute atomic E-state index is 0.0178. The van der Waals surface area contributed by atoms with Crippen molar-refractivity contribution in [3.63, 3.8) is 0 Å². The van der Waals surface area contributed by atoms with Crippen LogP contribution in [0.3, 0.4) is 0 Å². The molecule has 0 spiro atoms. The topological polar surface area (TPSA) is 47.6 Å². The smallest absolute Gasteiger partial charge is 0.258 e. The van der Waals surface area contributed by atoms with Crippen LogP contribution in [0.25, 0.3) is 0 Å². The van der Waals surface area contributed by atoms with E-state index in [4.69, 9.17) is 9.47 Å². The summed E-state index contributed by atoms with van der Waals surface area (Å²) in [7, 11) is 1.58. The Bertz CT molecular complexity index is 613. The third-order valence-electron chi connectivity index (χ3n) is 3.54. The van der Waals surface area contributed by atoms with E-state index in [-0.39, 0.29) is 18.6 Å². The number of aryl methyl sites for hydroxylation is 1. The van der Waals surface area contributed by atoms with Gasteiger partial charge in [0, 0.05) is 6.04 Å². The van der Waals surface area contributed by atoms with Crippen LogP contribution in [0.4, 0.5) is 0 Å². The minimum Gasteiger partial charge on any atom is -0.493 e. The molecule has 0 aromatic heterocycles. The monoisotopic (exact) mass is 313 g/mol. The molecule has 2 rings (SSSR count). The summed E-state index contributed by atoms with van der Waals surface area (Å²) in [6, 6.07) is 17.6. The van der Waals surface area contributed by atoms with Crippen molar-refractivity contribution < 1.29 is 14.3 Å². The van der Waals surface area contributed by atoms with E-state index in [1.807, 2.05) is 37.3 Å². The first kappa shape index (κ1) is 16.9. The lowest BCUT2D eigenvalue weighted by Crippen LogP contribution is -2.36. The number of methoxy groups -OCH3 is 1. The molecule has 0 heterocycles. The molecular weight excluding hydrogens is 290 g/mol. The second-order valence-corrected chi connectivity index (χ2v) is 5.43. The summed E-state index contributed by atoms with van der Waals surface area (Å²) in [6.45, 7) is 1.99. The summed E-state index contributed by atoms with van der Waals surface area (Å²) in [5, 5.41) is 2.95. The van der Waals surface area contributed by atoms with E-state index >= 15 is 0 Å². The zero-order valence-electron chi connectivity index (χ0n) is 13.6. The van der Waals surface area contributed by atoms with E-state index in [2.05, 4.69) is 17.4 Å². The van der Waals surface area contributed by atoms with Crippen molar-refractivity contribution >= 4 is 5.91 Å². The van der Waals surface area contributed by atoms with Gasteiger partial charge in [-0.15, -0.1) is 0 Å². The van der Waals surface area contributed by atoms with E-state index in [0.29, 0.717) is 11.5 Å². The van der Waals surface area contributed by atoms with E-state index in [9.17, 15) is 4.79 Å². The van der Waals surface area contributed by atoms with Gasteiger partial charge in [-0.2, -0.15) is 0 Å². The van der Waals surface area contributed by atoms with Gasteiger partial charge in [0.05, 0.1) is 7.11 Å². The minimum atomic E-state index is -0.128. The average molecular weight is 313 g/mol. The Kier molecular flexibility index (Phi) is 6.48. The lowest BCUT2D eigenvalue weighted by Gasteiger charge is -2.15. The van der Waals surface area contributed by atoms with Crippen molar-refractivity contribution in [2.45, 2.75) is 25.8 Å². The van der Waals surface area contributed by atoms with Crippen molar-refractivity contribution in [1.82, 2.24) is 5.32 Å². The van der Waals surface area contributed by atoms with Gasteiger partial charge in [-0.3, -0.25) is 4.79 Å². The number of ether oxygens (including phenoxy) is 2. The average Bonchev–Trinajstić information content (AvgIpc) is 2.59. The molecule has 0 aliphatic carbocycles. The largest absolute Gasteiger partial charge is 0.493 e. The molecule has 4 nitrogen and oxygen atoms in total. The van der Waals surface area contributed by atoms with Crippen LogP contribution in [-0.4, -0.2) is 25.7 Å². The predicted octanol–water partition coefficient (Wildman–Crippen LogP) is 3.21. The number of amides is 1. The fourth-order valence-corrected chi connectivity index (χ4v) is 2.30. The summed E-state index contributed by atoms with van der Waals surface area (Å²) in [4.78, 5) is 12.0. The van der Waals surface area contributed by atoms with Crippen LogP contribution < -0.4 is 14.8 Å². The van der Waals surface area contributed by atoms with Crippen molar-refractivity contribution in [2.24, 2.45) is 0 Å². The van der Waals surface area contributed by atoms with Gasteiger partial charge in [0.15, 0.2) is 18.1 Å². The first-order chi connectivity index (χ1) is 11.2. The second kappa shape index (κ2) is 8.83. The van der Waals surface area contributed by atoms with Gasteiger partial charge in [0.1, 0.15) is 0 Å². The van der Waals surface area contributed by atoms with Crippen LogP contribution in [0.5, 0.6) is 11.5 Å². The van der Waals surface area contributed by atoms with Gasteiger partial charge in [0.2, 0.25) is 0 Å². The molecule has 4 heteroatoms. The third-order valence-corrected chi connectivity index (χ3v) is 3.54. The van der Waals surface area contributed by atoms with E-state index in [1.165, 1.54) is 5.56 Å². The molecule has 1 N–H and O–H groups in total. The van der Waals surface area contributed by atoms with Crippen LogP contribution in [0, 0.1) is 0 Å². The lowest BCUT2D eigenvalue weighted by molar-refractivity contribution is -0.123. The number of carbonyl (C=O) groups excluding carboxylic acids is 1. The predicted molar refractivity (Wildman–Crippen MR) is 90.9 cm³/mol. The van der Waals surface area contributed by atoms with Crippen molar-refractivity contribution in [3.05, 3.63) is 60.2 Å². The molecule has 2 aromatic rings. The van der Waals surface area contributed by atoms with Crippen molar-refractivity contribution in [1.29, 1.82) is 0 Å². The second-order valence-electron chi connectivity index (χ2n) is 5.43. The molecule has 1 atom stereocenters. The normalized spacial score (nSPS) is 11.6. The molecule has 1 amide bonds. The summed E-state index contributed by atoms with van der Waals surface area (Å²) >= 11 is 0. The van der Waals surface area contributed by atoms with Gasteiger partial charge in [-0.05, 0) is 37.5 Å². The van der Waals surface area contributed by atoms with Gasteiger partial charge >= 0.3 is 0 Å². The number of rotatable bonds is 8. The fraction of sp³-hybridized carbons (Fsp3) is 0.316. The molecule has 122 valence electrons. The summed E-state index contributed by atoms with van der Waals surface area (Å²) in [5.41, 5.74) is 1.28. The van der Waals surface area contributed by atoms with Crippen molar-refractivity contribution in [3.8, 4) is 11.5 Å². The zero-order chi connectivity index (χ0) is 16.5. The van der Waals surface area contributed by atoms with Crippen LogP contribution in [0.2, 0.25) is 0 Å². The highest BCUT2D eigenvalue weighted by atomic mass is 16.5. The Balaban J connectivity index is 1.73. The maximum absolute atomic E-state index is 12.0. The Hall–Kier alpha value is -2.49. The van der Waals surface area contributed by atoms with E-state index in [0.717, 1.165) is 12.8 Å². The molecular formula is C19H23NO3. The number of hydrogen-bond donors (Lipinski definition) is 1. The summed E-state index contributed by atoms with van der Waals surface area (Å²) in [5.74, 6) is 1.07. The molecule has 0 unspecified atom stereocenters. The molecule has 0 aliphatic heterocycles. The third kappa shape index (κ3) is 5.66. The number of nitrogens with one attached hydrogen (secondary N) is 1. The van der Waals surface area contributed by atoms with Crippen LogP contribution in [0.1, 0.15) is 18.9 Å². The lowest BCUT2D eigenvalue weighted by atomic mass is 10.1. The molecule has 0 fully saturated rings. The Morgan fingerprint density at radius 2 is 1.70 bits per heavy atom. The maximum atomic E-state index is 12.0. The Morgan fingerprint density at radius 1 is 1.04 bits per heavy atom. The highest BCUT2D eigenvalue weighted by Gasteiger charge is 2.10. The number of hydrogen-bond acceptors (Lipinski definition) is 3. The maximum Gasteiger partial charge on any atom is 0.258 e. The molecule has 0 saturated carbocycles. The number of para-hydroxylation sites is 2. The van der Waals surface area contributed by atoms with Gasteiger partial charge in [-0.1, -0.05) is 42.5 Å². The number of benzene rings is 2. The van der Waals surface area contributed by atoms with Gasteiger partial charge in [-0.25, -0.2) is 0 Å². The molecule has 23 heavy (non-hydrogen) atoms. The Labute approximate surface area is 137 Å². The molecule has 0 radical (unpaired) electrons. The van der Waals surface area contributed by atoms with Crippen LogP contribution in [0.15, 0.2) is 54.6 Å². The SMILES string of the molecule is COc1ccccc1OCC(=O)N[C@@H](C)CCc1ccccc1. The first-order valence-electron chi connectivity index (χ1n) is 7.78. The highest BCUT2D eigenvalue weighted by molar-refractivity contribution is 5.77. The first-order valence-corrected chi connectivity index (χ1v) is 7.78. The van der Waals surface area contributed by atoms with Gasteiger partial charge < -0.3 is 14.8 Å². The zero-order valence-corrected chi connectivity index (χ0v) is 13.6. The molecule has 0 bridgehead atoms. The van der Waals surface area contributed by atoms with E-state index < -0.39 is 0 Å². The summed E-state index contributed by atoms with van der Waals surface area (Å²) < 4.78 is 10.7. The van der Waals surface area contributed by atoms with Crippen LogP contribution >= 0.6 is 0 Å². The number of carbonyl (C=O) groups is 1. The molecule has 0 saturated heterocycles. The van der Waals surface area contributed by atoms with E-state index in [1.54, 1.807) is 19.2 Å². The van der Waals surface area contributed by atoms with Gasteiger partial charge in [0.25, 0.3) is 5.91 Å². The quantitative estimate of drug-likeness (QED) is 0.814. The molecule has 2 aromatic carbocycles. The van der Waals surface area contributed by atoms with Crippen LogP contribution in [-0.2, 0) is 11.2 Å². The highest BCUT2D eigenvalue weighted by Crippen LogP contribution is 2.25. The summed E-state index contributed by atoms with van der Waals surface area (Å²) in [6.07, 6.45) is 1.83. The fourth-order valence-electron chi connectivity index (χ4n) is 2.30.